The highest BCUT2D eigenvalue weighted by atomic mass is 32.2. The van der Waals surface area contributed by atoms with E-state index >= 15 is 0 Å². The summed E-state index contributed by atoms with van der Waals surface area (Å²) < 4.78 is 26.4. The molecule has 0 aliphatic heterocycles. The number of nitrogens with two attached hydrogens (primary N) is 1. The van der Waals surface area contributed by atoms with Gasteiger partial charge in [-0.1, -0.05) is 11.3 Å². The maximum Gasteiger partial charge on any atom is 0.306 e. The van der Waals surface area contributed by atoms with E-state index in [1.54, 1.807) is 6.92 Å². The second kappa shape index (κ2) is 5.77. The van der Waals surface area contributed by atoms with Gasteiger partial charge in [-0.3, -0.25) is 15.2 Å². The molecule has 0 unspecified atom stereocenters. The Balaban J connectivity index is 2.23. The third-order valence-corrected chi connectivity index (χ3v) is 5.60. The molecule has 10 nitrogen and oxygen atoms in total. The van der Waals surface area contributed by atoms with Crippen molar-refractivity contribution in [1.82, 2.24) is 14.9 Å². The van der Waals surface area contributed by atoms with E-state index in [0.717, 1.165) is 11.8 Å². The van der Waals surface area contributed by atoms with Crippen molar-refractivity contribution < 1.29 is 13.3 Å². The molecule has 2 heterocycles. The van der Waals surface area contributed by atoms with Gasteiger partial charge < -0.3 is 5.43 Å². The van der Waals surface area contributed by atoms with Crippen molar-refractivity contribution in [1.29, 1.82) is 0 Å². The fourth-order valence-electron chi connectivity index (χ4n) is 1.53. The van der Waals surface area contributed by atoms with Crippen LogP contribution in [0.25, 0.3) is 0 Å². The Bertz CT molecular complexity index is 765. The van der Waals surface area contributed by atoms with Gasteiger partial charge >= 0.3 is 5.69 Å². The lowest BCUT2D eigenvalue weighted by molar-refractivity contribution is -0.383. The lowest BCUT2D eigenvalue weighted by atomic mass is 10.3. The molecule has 5 N–H and O–H groups in total. The van der Waals surface area contributed by atoms with Crippen LogP contribution in [0, 0.1) is 17.0 Å². The predicted octanol–water partition coefficient (Wildman–Crippen LogP) is 0.452. The minimum absolute atomic E-state index is 0.0279. The Hall–Kier alpha value is -2.02. The number of nitrogens with zero attached hydrogens (tertiary/aromatic N) is 2. The molecule has 0 aromatic carbocycles. The van der Waals surface area contributed by atoms with Gasteiger partial charge in [0, 0.05) is 23.9 Å². The standard InChI is InChI=1S/C9H12N6O4S2/c1-5-6(3-11-14-5)4-12-21(18,19)8-2-7(15(16)17)9(13-10)20-8/h2-3,12-13H,4,10H2,1H3,(H,11,14). The van der Waals surface area contributed by atoms with E-state index < -0.39 is 14.9 Å². The summed E-state index contributed by atoms with van der Waals surface area (Å²) in [5.74, 6) is 5.14. The second-order valence-electron chi connectivity index (χ2n) is 4.03. The number of aryl methyl sites for hydroxylation is 1. The smallest absolute Gasteiger partial charge is 0.306 e. The van der Waals surface area contributed by atoms with Gasteiger partial charge in [-0.25, -0.2) is 19.0 Å². The number of hydrogen-bond acceptors (Lipinski definition) is 8. The lowest BCUT2D eigenvalue weighted by Gasteiger charge is -2.03. The van der Waals surface area contributed by atoms with E-state index in [0.29, 0.717) is 16.9 Å². The van der Waals surface area contributed by atoms with Crippen molar-refractivity contribution in [2.24, 2.45) is 5.84 Å². The number of nitro groups is 1. The fraction of sp³-hybridized carbons (Fsp3) is 0.222. The van der Waals surface area contributed by atoms with E-state index in [-0.39, 0.29) is 21.4 Å². The number of nitrogens with one attached hydrogen (secondary N) is 3. The second-order valence-corrected chi connectivity index (χ2v) is 7.07. The van der Waals surface area contributed by atoms with Gasteiger partial charge in [-0.05, 0) is 6.92 Å². The van der Waals surface area contributed by atoms with Crippen molar-refractivity contribution in [3.63, 3.8) is 0 Å². The molecule has 0 radical (unpaired) electrons. The average molecular weight is 332 g/mol. The van der Waals surface area contributed by atoms with E-state index in [9.17, 15) is 18.5 Å². The topological polar surface area (TPSA) is 156 Å². The van der Waals surface area contributed by atoms with Crippen molar-refractivity contribution in [2.75, 3.05) is 5.43 Å². The number of rotatable bonds is 6. The summed E-state index contributed by atoms with van der Waals surface area (Å²) in [6.45, 7) is 1.78. The molecular formula is C9H12N6O4S2. The van der Waals surface area contributed by atoms with Crippen LogP contribution in [0.15, 0.2) is 16.5 Å². The Morgan fingerprint density at radius 3 is 2.76 bits per heavy atom. The number of hydrogen-bond donors (Lipinski definition) is 4. The molecule has 21 heavy (non-hydrogen) atoms. The Labute approximate surface area is 123 Å². The molecule has 114 valence electrons. The van der Waals surface area contributed by atoms with E-state index in [1.165, 1.54) is 6.20 Å². The number of H-pyrrole nitrogens is 1. The first-order valence-electron chi connectivity index (χ1n) is 5.58. The maximum absolute atomic E-state index is 12.1. The normalized spacial score (nSPS) is 11.5. The summed E-state index contributed by atoms with van der Waals surface area (Å²) >= 11 is 0.684. The monoisotopic (exact) mass is 332 g/mol. The number of hydrazine groups is 1. The Morgan fingerprint density at radius 1 is 1.57 bits per heavy atom. The van der Waals surface area contributed by atoms with E-state index in [2.05, 4.69) is 20.3 Å². The van der Waals surface area contributed by atoms with Crippen molar-refractivity contribution in [3.05, 3.63) is 33.6 Å². The van der Waals surface area contributed by atoms with Gasteiger partial charge in [0.15, 0.2) is 5.00 Å². The molecule has 0 saturated heterocycles. The number of aromatic amines is 1. The van der Waals surface area contributed by atoms with E-state index in [1.807, 2.05) is 0 Å². The van der Waals surface area contributed by atoms with Crippen molar-refractivity contribution >= 4 is 32.0 Å². The zero-order chi connectivity index (χ0) is 15.6. The predicted molar refractivity (Wildman–Crippen MR) is 76.1 cm³/mol. The number of sulfonamides is 1. The van der Waals surface area contributed by atoms with Crippen LogP contribution in [0.3, 0.4) is 0 Å². The number of thiophene rings is 1. The highest BCUT2D eigenvalue weighted by molar-refractivity contribution is 7.91. The van der Waals surface area contributed by atoms with Gasteiger partial charge in [-0.2, -0.15) is 5.10 Å². The molecule has 0 aliphatic carbocycles. The zero-order valence-electron chi connectivity index (χ0n) is 10.8. The number of nitrogen functional groups attached to an aromatic ring is 1. The fourth-order valence-corrected chi connectivity index (χ4v) is 3.82. The van der Waals surface area contributed by atoms with Crippen LogP contribution >= 0.6 is 11.3 Å². The van der Waals surface area contributed by atoms with Crippen LogP contribution in [0.1, 0.15) is 11.3 Å². The van der Waals surface area contributed by atoms with E-state index in [4.69, 9.17) is 5.84 Å². The van der Waals surface area contributed by atoms with Gasteiger partial charge in [0.1, 0.15) is 4.21 Å². The first kappa shape index (κ1) is 15.4. The summed E-state index contributed by atoms with van der Waals surface area (Å²) in [5.41, 5.74) is 3.15. The molecule has 0 spiro atoms. The molecule has 0 aliphatic rings. The van der Waals surface area contributed by atoms with Crippen LogP contribution in [-0.2, 0) is 16.6 Å². The highest BCUT2D eigenvalue weighted by Crippen LogP contribution is 2.36. The minimum Gasteiger partial charge on any atom is -0.310 e. The largest absolute Gasteiger partial charge is 0.310 e. The van der Waals surface area contributed by atoms with Crippen LogP contribution in [-0.4, -0.2) is 23.5 Å². The molecule has 12 heteroatoms. The summed E-state index contributed by atoms with van der Waals surface area (Å²) in [4.78, 5) is 10.1. The molecule has 2 aromatic heterocycles. The summed E-state index contributed by atoms with van der Waals surface area (Å²) in [5, 5.41) is 17.2. The molecule has 0 fully saturated rings. The van der Waals surface area contributed by atoms with Crippen LogP contribution in [0.2, 0.25) is 0 Å². The zero-order valence-corrected chi connectivity index (χ0v) is 12.4. The Kier molecular flexibility index (Phi) is 4.22. The Morgan fingerprint density at radius 2 is 2.29 bits per heavy atom. The molecular weight excluding hydrogens is 320 g/mol. The number of aromatic nitrogens is 2. The summed E-state index contributed by atoms with van der Waals surface area (Å²) in [6.07, 6.45) is 1.50. The maximum atomic E-state index is 12.1. The molecule has 0 atom stereocenters. The molecule has 2 rings (SSSR count). The number of anilines is 1. The quantitative estimate of drug-likeness (QED) is 0.340. The minimum atomic E-state index is -3.87. The molecule has 2 aromatic rings. The first-order valence-corrected chi connectivity index (χ1v) is 7.88. The summed E-state index contributed by atoms with van der Waals surface area (Å²) in [6, 6.07) is 0.963. The molecule has 0 saturated carbocycles. The van der Waals surface area contributed by atoms with Gasteiger partial charge in [0.25, 0.3) is 10.0 Å². The average Bonchev–Trinajstić information content (AvgIpc) is 3.02. The van der Waals surface area contributed by atoms with Crippen LogP contribution < -0.4 is 16.0 Å². The lowest BCUT2D eigenvalue weighted by Crippen LogP contribution is -2.22. The third-order valence-electron chi connectivity index (χ3n) is 2.67. The van der Waals surface area contributed by atoms with Crippen molar-refractivity contribution in [3.8, 4) is 0 Å². The highest BCUT2D eigenvalue weighted by Gasteiger charge is 2.25. The van der Waals surface area contributed by atoms with Gasteiger partial charge in [-0.15, -0.1) is 0 Å². The third kappa shape index (κ3) is 3.18. The summed E-state index contributed by atoms with van der Waals surface area (Å²) in [7, 11) is -3.87. The first-order chi connectivity index (χ1) is 9.85. The molecule has 0 amide bonds. The van der Waals surface area contributed by atoms with Crippen LogP contribution in [0.4, 0.5) is 10.7 Å². The van der Waals surface area contributed by atoms with Gasteiger partial charge in [0.05, 0.1) is 11.1 Å². The SMILES string of the molecule is Cc1[nH]ncc1CNS(=O)(=O)c1cc([N+](=O)[O-])c(NN)s1. The van der Waals surface area contributed by atoms with Gasteiger partial charge in [0.2, 0.25) is 0 Å². The van der Waals surface area contributed by atoms with Crippen molar-refractivity contribution in [2.45, 2.75) is 17.7 Å². The molecule has 0 bridgehead atoms. The van der Waals surface area contributed by atoms with Crippen LogP contribution in [0.5, 0.6) is 0 Å².